The van der Waals surface area contributed by atoms with E-state index in [2.05, 4.69) is 5.32 Å². The molecule has 0 aliphatic carbocycles. The summed E-state index contributed by atoms with van der Waals surface area (Å²) in [6, 6.07) is 5.63. The van der Waals surface area contributed by atoms with Gasteiger partial charge in [0.15, 0.2) is 0 Å². The van der Waals surface area contributed by atoms with E-state index in [9.17, 15) is 5.11 Å². The number of benzene rings is 1. The standard InChI is InChI=1S/C14H24N2O2/c1-4-14(17,5-2)10-16-11-8-7-9-12(13(11)15)18-6-3/h7-9,16-17H,4-6,10,15H2,1-3H3. The summed E-state index contributed by atoms with van der Waals surface area (Å²) in [6.45, 7) is 6.95. The molecule has 0 aromatic heterocycles. The lowest BCUT2D eigenvalue weighted by molar-refractivity contribution is 0.0457. The van der Waals surface area contributed by atoms with E-state index < -0.39 is 5.60 Å². The largest absolute Gasteiger partial charge is 0.492 e. The van der Waals surface area contributed by atoms with Gasteiger partial charge in [-0.15, -0.1) is 0 Å². The van der Waals surface area contributed by atoms with E-state index >= 15 is 0 Å². The van der Waals surface area contributed by atoms with Crippen molar-refractivity contribution >= 4 is 11.4 Å². The van der Waals surface area contributed by atoms with Crippen LogP contribution in [0.5, 0.6) is 5.75 Å². The van der Waals surface area contributed by atoms with Crippen molar-refractivity contribution < 1.29 is 9.84 Å². The average Bonchev–Trinajstić information content (AvgIpc) is 2.39. The van der Waals surface area contributed by atoms with E-state index in [0.29, 0.717) is 37.4 Å². The second-order valence-electron chi connectivity index (χ2n) is 4.44. The zero-order valence-electron chi connectivity index (χ0n) is 11.5. The third-order valence-electron chi connectivity index (χ3n) is 3.29. The second-order valence-corrected chi connectivity index (χ2v) is 4.44. The molecular weight excluding hydrogens is 228 g/mol. The number of aliphatic hydroxyl groups is 1. The summed E-state index contributed by atoms with van der Waals surface area (Å²) in [5.74, 6) is 0.680. The van der Waals surface area contributed by atoms with E-state index in [4.69, 9.17) is 10.5 Å². The number of ether oxygens (including phenoxy) is 1. The molecule has 1 aromatic rings. The molecule has 0 aliphatic rings. The number of anilines is 2. The molecule has 0 unspecified atom stereocenters. The molecule has 18 heavy (non-hydrogen) atoms. The Morgan fingerprint density at radius 2 is 1.94 bits per heavy atom. The summed E-state index contributed by atoms with van der Waals surface area (Å²) in [6.07, 6.45) is 1.42. The minimum Gasteiger partial charge on any atom is -0.492 e. The van der Waals surface area contributed by atoms with Crippen LogP contribution >= 0.6 is 0 Å². The number of para-hydroxylation sites is 1. The van der Waals surface area contributed by atoms with Crippen molar-refractivity contribution in [1.82, 2.24) is 0 Å². The second kappa shape index (κ2) is 6.50. The number of rotatable bonds is 7. The van der Waals surface area contributed by atoms with Crippen LogP contribution < -0.4 is 15.8 Å². The van der Waals surface area contributed by atoms with Crippen LogP contribution in [0.3, 0.4) is 0 Å². The van der Waals surface area contributed by atoms with Gasteiger partial charge in [-0.05, 0) is 31.9 Å². The van der Waals surface area contributed by atoms with Gasteiger partial charge >= 0.3 is 0 Å². The minimum absolute atomic E-state index is 0.486. The predicted molar refractivity (Wildman–Crippen MR) is 76.0 cm³/mol. The first-order valence-corrected chi connectivity index (χ1v) is 6.53. The molecule has 0 heterocycles. The number of hydrogen-bond donors (Lipinski definition) is 3. The van der Waals surface area contributed by atoms with Gasteiger partial charge in [0.2, 0.25) is 0 Å². The van der Waals surface area contributed by atoms with Crippen LogP contribution in [0.4, 0.5) is 11.4 Å². The Balaban J connectivity index is 2.76. The van der Waals surface area contributed by atoms with Crippen molar-refractivity contribution in [2.24, 2.45) is 0 Å². The summed E-state index contributed by atoms with van der Waals surface area (Å²) in [5, 5.41) is 13.4. The van der Waals surface area contributed by atoms with Gasteiger partial charge in [0.25, 0.3) is 0 Å². The Labute approximate surface area is 109 Å². The molecule has 0 amide bonds. The molecule has 4 heteroatoms. The molecule has 102 valence electrons. The SMILES string of the molecule is CCOc1cccc(NCC(O)(CC)CC)c1N. The van der Waals surface area contributed by atoms with Gasteiger partial charge in [-0.3, -0.25) is 0 Å². The van der Waals surface area contributed by atoms with Crippen LogP contribution in [-0.2, 0) is 0 Å². The molecule has 0 saturated carbocycles. The van der Waals surface area contributed by atoms with Crippen LogP contribution in [0.1, 0.15) is 33.6 Å². The van der Waals surface area contributed by atoms with Crippen molar-refractivity contribution in [2.75, 3.05) is 24.2 Å². The maximum Gasteiger partial charge on any atom is 0.144 e. The van der Waals surface area contributed by atoms with Crippen molar-refractivity contribution in [3.63, 3.8) is 0 Å². The summed E-state index contributed by atoms with van der Waals surface area (Å²) in [7, 11) is 0. The van der Waals surface area contributed by atoms with Gasteiger partial charge in [0, 0.05) is 6.54 Å². The lowest BCUT2D eigenvalue weighted by atomic mass is 9.97. The molecule has 0 fully saturated rings. The predicted octanol–water partition coefficient (Wildman–Crippen LogP) is 2.63. The molecule has 4 nitrogen and oxygen atoms in total. The highest BCUT2D eigenvalue weighted by molar-refractivity contribution is 5.73. The molecule has 1 rings (SSSR count). The van der Waals surface area contributed by atoms with E-state index in [0.717, 1.165) is 5.69 Å². The summed E-state index contributed by atoms with van der Waals surface area (Å²) in [5.41, 5.74) is 6.72. The van der Waals surface area contributed by atoms with E-state index in [1.54, 1.807) is 0 Å². The number of nitrogens with one attached hydrogen (secondary N) is 1. The zero-order chi connectivity index (χ0) is 13.6. The normalized spacial score (nSPS) is 11.3. The topological polar surface area (TPSA) is 67.5 Å². The first-order chi connectivity index (χ1) is 8.56. The molecule has 0 aliphatic heterocycles. The zero-order valence-corrected chi connectivity index (χ0v) is 11.5. The Bertz CT molecular complexity index is 376. The number of hydrogen-bond acceptors (Lipinski definition) is 4. The lowest BCUT2D eigenvalue weighted by Crippen LogP contribution is -2.35. The fourth-order valence-electron chi connectivity index (χ4n) is 1.74. The van der Waals surface area contributed by atoms with Crippen molar-refractivity contribution in [3.05, 3.63) is 18.2 Å². The molecule has 0 radical (unpaired) electrons. The Morgan fingerprint density at radius 1 is 1.28 bits per heavy atom. The van der Waals surface area contributed by atoms with E-state index in [1.165, 1.54) is 0 Å². The maximum atomic E-state index is 10.2. The maximum absolute atomic E-state index is 10.2. The van der Waals surface area contributed by atoms with Crippen LogP contribution in [-0.4, -0.2) is 23.9 Å². The molecule has 0 atom stereocenters. The summed E-state index contributed by atoms with van der Waals surface area (Å²) in [4.78, 5) is 0. The average molecular weight is 252 g/mol. The lowest BCUT2D eigenvalue weighted by Gasteiger charge is -2.26. The number of nitrogens with two attached hydrogens (primary N) is 1. The Hall–Kier alpha value is -1.42. The first-order valence-electron chi connectivity index (χ1n) is 6.53. The number of nitrogen functional groups attached to an aromatic ring is 1. The molecule has 1 aromatic carbocycles. The highest BCUT2D eigenvalue weighted by Gasteiger charge is 2.22. The van der Waals surface area contributed by atoms with Gasteiger partial charge in [-0.25, -0.2) is 0 Å². The van der Waals surface area contributed by atoms with Gasteiger partial charge < -0.3 is 20.9 Å². The Morgan fingerprint density at radius 3 is 2.50 bits per heavy atom. The summed E-state index contributed by atoms with van der Waals surface area (Å²) < 4.78 is 5.43. The fourth-order valence-corrected chi connectivity index (χ4v) is 1.74. The van der Waals surface area contributed by atoms with E-state index in [1.807, 2.05) is 39.0 Å². The smallest absolute Gasteiger partial charge is 0.144 e. The molecule has 0 bridgehead atoms. The monoisotopic (exact) mass is 252 g/mol. The summed E-state index contributed by atoms with van der Waals surface area (Å²) >= 11 is 0. The van der Waals surface area contributed by atoms with Crippen molar-refractivity contribution in [1.29, 1.82) is 0 Å². The third-order valence-corrected chi connectivity index (χ3v) is 3.29. The van der Waals surface area contributed by atoms with Gasteiger partial charge in [0.1, 0.15) is 5.75 Å². The highest BCUT2D eigenvalue weighted by atomic mass is 16.5. The van der Waals surface area contributed by atoms with Gasteiger partial charge in [0.05, 0.1) is 23.6 Å². The minimum atomic E-state index is -0.686. The van der Waals surface area contributed by atoms with E-state index in [-0.39, 0.29) is 0 Å². The van der Waals surface area contributed by atoms with Crippen LogP contribution in [0.15, 0.2) is 18.2 Å². The van der Waals surface area contributed by atoms with Crippen molar-refractivity contribution in [3.8, 4) is 5.75 Å². The third kappa shape index (κ3) is 3.53. The van der Waals surface area contributed by atoms with Gasteiger partial charge in [-0.1, -0.05) is 19.9 Å². The molecule has 0 spiro atoms. The fraction of sp³-hybridized carbons (Fsp3) is 0.571. The highest BCUT2D eigenvalue weighted by Crippen LogP contribution is 2.30. The molecule has 4 N–H and O–H groups in total. The van der Waals surface area contributed by atoms with Crippen molar-refractivity contribution in [2.45, 2.75) is 39.2 Å². The first kappa shape index (κ1) is 14.6. The molecule has 0 saturated heterocycles. The Kier molecular flexibility index (Phi) is 5.28. The van der Waals surface area contributed by atoms with Crippen LogP contribution in [0.25, 0.3) is 0 Å². The van der Waals surface area contributed by atoms with Gasteiger partial charge in [-0.2, -0.15) is 0 Å². The van der Waals surface area contributed by atoms with Crippen LogP contribution in [0.2, 0.25) is 0 Å². The quantitative estimate of drug-likeness (QED) is 0.653. The molecular formula is C14H24N2O2. The van der Waals surface area contributed by atoms with Crippen LogP contribution in [0, 0.1) is 0 Å².